The van der Waals surface area contributed by atoms with Crippen LogP contribution in [0.4, 0.5) is 5.69 Å². The maximum atomic E-state index is 11.2. The average molecular weight is 243 g/mol. The van der Waals surface area contributed by atoms with E-state index in [1.165, 1.54) is 32.1 Å². The topological polar surface area (TPSA) is 61.0 Å². The Hall–Kier alpha value is -1.07. The highest BCUT2D eigenvalue weighted by molar-refractivity contribution is 6.32. The summed E-state index contributed by atoms with van der Waals surface area (Å²) in [4.78, 5) is 13.5. The van der Waals surface area contributed by atoms with Gasteiger partial charge >= 0.3 is 0 Å². The van der Waals surface area contributed by atoms with Crippen LogP contribution in [0, 0.1) is 0 Å². The Bertz CT molecular complexity index is 400. The molecule has 0 saturated carbocycles. The van der Waals surface area contributed by atoms with E-state index >= 15 is 0 Å². The van der Waals surface area contributed by atoms with Crippen molar-refractivity contribution in [2.24, 2.45) is 0 Å². The van der Waals surface area contributed by atoms with Gasteiger partial charge in [-0.25, -0.2) is 5.10 Å². The minimum absolute atomic E-state index is 0.177. The van der Waals surface area contributed by atoms with Crippen LogP contribution >= 0.6 is 11.6 Å². The van der Waals surface area contributed by atoms with Crippen molar-refractivity contribution in [3.63, 3.8) is 0 Å². The van der Waals surface area contributed by atoms with E-state index in [1.807, 2.05) is 0 Å². The number of aromatic amines is 1. The Morgan fingerprint density at radius 3 is 3.00 bits per heavy atom. The molecule has 0 aromatic carbocycles. The second kappa shape index (κ2) is 5.32. The summed E-state index contributed by atoms with van der Waals surface area (Å²) in [7, 11) is 0. The number of H-pyrrole nitrogens is 1. The highest BCUT2D eigenvalue weighted by Gasteiger charge is 2.11. The molecule has 0 unspecified atom stereocenters. The number of halogens is 1. The Kier molecular flexibility index (Phi) is 3.79. The number of nitrogens with one attached hydrogen (secondary N) is 2. The first-order valence-corrected chi connectivity index (χ1v) is 5.84. The van der Waals surface area contributed by atoms with Gasteiger partial charge in [-0.1, -0.05) is 11.6 Å². The third kappa shape index (κ3) is 2.74. The minimum atomic E-state index is -0.354. The standard InChI is InChI=1S/C10H15ClN4O/c11-9-8(7-13-14-10(9)16)12-3-6-15-4-1-2-5-15/h7H,1-6H2,(H2,12,14,16). The fourth-order valence-electron chi connectivity index (χ4n) is 1.86. The summed E-state index contributed by atoms with van der Waals surface area (Å²) in [6.45, 7) is 4.10. The largest absolute Gasteiger partial charge is 0.381 e. The van der Waals surface area contributed by atoms with Crippen molar-refractivity contribution in [2.75, 3.05) is 31.5 Å². The first-order valence-electron chi connectivity index (χ1n) is 5.47. The molecule has 1 aromatic heterocycles. The van der Waals surface area contributed by atoms with Crippen molar-refractivity contribution < 1.29 is 0 Å². The fraction of sp³-hybridized carbons (Fsp3) is 0.600. The SMILES string of the molecule is O=c1[nH]ncc(NCCN2CCCC2)c1Cl. The number of hydrogen-bond donors (Lipinski definition) is 2. The number of rotatable bonds is 4. The van der Waals surface area contributed by atoms with Crippen LogP contribution in [-0.4, -0.2) is 41.3 Å². The lowest BCUT2D eigenvalue weighted by Crippen LogP contribution is -2.26. The summed E-state index contributed by atoms with van der Waals surface area (Å²) >= 11 is 5.83. The van der Waals surface area contributed by atoms with Crippen LogP contribution in [0.25, 0.3) is 0 Å². The molecule has 16 heavy (non-hydrogen) atoms. The summed E-state index contributed by atoms with van der Waals surface area (Å²) in [6.07, 6.45) is 4.11. The van der Waals surface area contributed by atoms with E-state index in [1.54, 1.807) is 0 Å². The van der Waals surface area contributed by atoms with Crippen LogP contribution in [0.1, 0.15) is 12.8 Å². The van der Waals surface area contributed by atoms with Crippen LogP contribution in [0.3, 0.4) is 0 Å². The second-order valence-corrected chi connectivity index (χ2v) is 4.28. The third-order valence-corrected chi connectivity index (χ3v) is 3.11. The van der Waals surface area contributed by atoms with Gasteiger partial charge in [-0.3, -0.25) is 4.79 Å². The molecule has 1 aliphatic heterocycles. The third-order valence-electron chi connectivity index (χ3n) is 2.74. The van der Waals surface area contributed by atoms with Gasteiger partial charge in [0, 0.05) is 13.1 Å². The van der Waals surface area contributed by atoms with Crippen molar-refractivity contribution in [1.82, 2.24) is 15.1 Å². The first kappa shape index (κ1) is 11.4. The molecular weight excluding hydrogens is 228 g/mol. The van der Waals surface area contributed by atoms with Crippen molar-refractivity contribution in [3.05, 3.63) is 21.6 Å². The Morgan fingerprint density at radius 2 is 2.25 bits per heavy atom. The van der Waals surface area contributed by atoms with Crippen molar-refractivity contribution >= 4 is 17.3 Å². The van der Waals surface area contributed by atoms with Crippen LogP contribution in [0.5, 0.6) is 0 Å². The van der Waals surface area contributed by atoms with Crippen molar-refractivity contribution in [2.45, 2.75) is 12.8 Å². The number of anilines is 1. The summed E-state index contributed by atoms with van der Waals surface area (Å²) in [6, 6.07) is 0. The van der Waals surface area contributed by atoms with Gasteiger partial charge in [0.25, 0.3) is 5.56 Å². The van der Waals surface area contributed by atoms with Crippen LogP contribution in [-0.2, 0) is 0 Å². The normalized spacial score (nSPS) is 16.6. The van der Waals surface area contributed by atoms with Gasteiger partial charge in [-0.05, 0) is 25.9 Å². The molecule has 1 aromatic rings. The monoisotopic (exact) mass is 242 g/mol. The van der Waals surface area contributed by atoms with Crippen LogP contribution in [0.2, 0.25) is 5.02 Å². The molecule has 88 valence electrons. The highest BCUT2D eigenvalue weighted by atomic mass is 35.5. The lowest BCUT2D eigenvalue weighted by atomic mass is 10.4. The van der Waals surface area contributed by atoms with E-state index in [-0.39, 0.29) is 10.6 Å². The average Bonchev–Trinajstić information content (AvgIpc) is 2.77. The predicted octanol–water partition coefficient (Wildman–Crippen LogP) is 0.931. The molecule has 0 aliphatic carbocycles. The van der Waals surface area contributed by atoms with E-state index in [0.29, 0.717) is 5.69 Å². The molecular formula is C10H15ClN4O. The van der Waals surface area contributed by atoms with Gasteiger partial charge in [0.15, 0.2) is 0 Å². The predicted molar refractivity (Wildman–Crippen MR) is 64.0 cm³/mol. The molecule has 2 N–H and O–H groups in total. The van der Waals surface area contributed by atoms with Crippen LogP contribution < -0.4 is 10.9 Å². The molecule has 0 bridgehead atoms. The highest BCUT2D eigenvalue weighted by Crippen LogP contribution is 2.14. The van der Waals surface area contributed by atoms with Gasteiger partial charge in [-0.15, -0.1) is 0 Å². The second-order valence-electron chi connectivity index (χ2n) is 3.90. The lowest BCUT2D eigenvalue weighted by molar-refractivity contribution is 0.352. The number of likely N-dealkylation sites (tertiary alicyclic amines) is 1. The Balaban J connectivity index is 1.84. The van der Waals surface area contributed by atoms with E-state index in [9.17, 15) is 4.79 Å². The Morgan fingerprint density at radius 1 is 1.50 bits per heavy atom. The number of nitrogens with zero attached hydrogens (tertiary/aromatic N) is 2. The zero-order valence-corrected chi connectivity index (χ0v) is 9.76. The quantitative estimate of drug-likeness (QED) is 0.825. The van der Waals surface area contributed by atoms with Gasteiger partial charge in [0.05, 0.1) is 11.9 Å². The molecule has 1 aliphatic rings. The van der Waals surface area contributed by atoms with Gasteiger partial charge in [0.2, 0.25) is 0 Å². The molecule has 1 saturated heterocycles. The Labute approximate surface area is 98.8 Å². The lowest BCUT2D eigenvalue weighted by Gasteiger charge is -2.15. The summed E-state index contributed by atoms with van der Waals surface area (Å²) < 4.78 is 0. The maximum absolute atomic E-state index is 11.2. The molecule has 0 radical (unpaired) electrons. The zero-order valence-electron chi connectivity index (χ0n) is 9.00. The summed E-state index contributed by atoms with van der Waals surface area (Å²) in [5.41, 5.74) is 0.248. The van der Waals surface area contributed by atoms with Crippen molar-refractivity contribution in [3.8, 4) is 0 Å². The molecule has 2 heterocycles. The molecule has 5 nitrogen and oxygen atoms in total. The molecule has 2 rings (SSSR count). The molecule has 6 heteroatoms. The van der Waals surface area contributed by atoms with E-state index in [4.69, 9.17) is 11.6 Å². The van der Waals surface area contributed by atoms with Gasteiger partial charge in [0.1, 0.15) is 5.02 Å². The molecule has 0 atom stereocenters. The smallest absolute Gasteiger partial charge is 0.285 e. The number of aromatic nitrogens is 2. The van der Waals surface area contributed by atoms with E-state index < -0.39 is 0 Å². The summed E-state index contributed by atoms with van der Waals surface area (Å²) in [5.74, 6) is 0. The van der Waals surface area contributed by atoms with Crippen molar-refractivity contribution in [1.29, 1.82) is 0 Å². The first-order chi connectivity index (χ1) is 7.77. The van der Waals surface area contributed by atoms with E-state index in [0.717, 1.165) is 13.1 Å². The molecule has 1 fully saturated rings. The maximum Gasteiger partial charge on any atom is 0.285 e. The number of hydrogen-bond acceptors (Lipinski definition) is 4. The minimum Gasteiger partial charge on any atom is -0.381 e. The fourth-order valence-corrected chi connectivity index (χ4v) is 2.02. The van der Waals surface area contributed by atoms with Crippen LogP contribution in [0.15, 0.2) is 11.0 Å². The molecule has 0 spiro atoms. The zero-order chi connectivity index (χ0) is 11.4. The van der Waals surface area contributed by atoms with Gasteiger partial charge < -0.3 is 10.2 Å². The summed E-state index contributed by atoms with van der Waals surface area (Å²) in [5, 5.41) is 9.28. The molecule has 0 amide bonds. The van der Waals surface area contributed by atoms with E-state index in [2.05, 4.69) is 20.4 Å². The van der Waals surface area contributed by atoms with Gasteiger partial charge in [-0.2, -0.15) is 5.10 Å².